The highest BCUT2D eigenvalue weighted by Crippen LogP contribution is 2.36. The second-order valence-electron chi connectivity index (χ2n) is 5.00. The molecule has 0 radical (unpaired) electrons. The summed E-state index contributed by atoms with van der Waals surface area (Å²) in [7, 11) is 4.25. The maximum Gasteiger partial charge on any atom is 0.410 e. The zero-order valence-corrected chi connectivity index (χ0v) is 14.0. The van der Waals surface area contributed by atoms with Gasteiger partial charge < -0.3 is 19.5 Å². The maximum absolute atomic E-state index is 12.5. The lowest BCUT2D eigenvalue weighted by Gasteiger charge is -2.23. The quantitative estimate of drug-likeness (QED) is 0.909. The molecule has 126 valence electrons. The first-order valence-corrected chi connectivity index (χ1v) is 7.46. The predicted octanol–water partition coefficient (Wildman–Crippen LogP) is 2.53. The van der Waals surface area contributed by atoms with Crippen LogP contribution in [-0.4, -0.2) is 50.8 Å². The summed E-state index contributed by atoms with van der Waals surface area (Å²) in [5.74, 6) is 0.515. The molecule has 1 heterocycles. The van der Waals surface area contributed by atoms with Crippen LogP contribution in [0.2, 0.25) is 5.02 Å². The number of halogens is 1. The second-order valence-corrected chi connectivity index (χ2v) is 5.40. The Morgan fingerprint density at radius 1 is 1.22 bits per heavy atom. The van der Waals surface area contributed by atoms with Gasteiger partial charge in [-0.1, -0.05) is 11.6 Å². The van der Waals surface area contributed by atoms with Crippen LogP contribution in [0.1, 0.15) is 12.8 Å². The summed E-state index contributed by atoms with van der Waals surface area (Å²) in [6.45, 7) is 0.492. The third kappa shape index (κ3) is 3.61. The number of carbonyl (C=O) groups is 2. The molecule has 0 aromatic heterocycles. The Labute approximate surface area is 139 Å². The van der Waals surface area contributed by atoms with Crippen molar-refractivity contribution < 1.29 is 23.8 Å². The third-order valence-corrected chi connectivity index (χ3v) is 3.99. The molecule has 0 aliphatic carbocycles. The van der Waals surface area contributed by atoms with E-state index in [0.717, 1.165) is 6.42 Å². The van der Waals surface area contributed by atoms with Gasteiger partial charge in [0.15, 0.2) is 0 Å². The number of ether oxygens (including phenoxy) is 3. The Morgan fingerprint density at radius 2 is 1.91 bits per heavy atom. The topological polar surface area (TPSA) is 77.1 Å². The number of nitrogens with one attached hydrogen (secondary N) is 1. The number of hydrogen-bond acceptors (Lipinski definition) is 5. The number of likely N-dealkylation sites (tertiary alicyclic amines) is 1. The Kier molecular flexibility index (Phi) is 5.54. The van der Waals surface area contributed by atoms with E-state index < -0.39 is 12.1 Å². The van der Waals surface area contributed by atoms with Crippen molar-refractivity contribution in [1.29, 1.82) is 0 Å². The van der Waals surface area contributed by atoms with Gasteiger partial charge in [-0.15, -0.1) is 0 Å². The minimum atomic E-state index is -0.575. The highest BCUT2D eigenvalue weighted by atomic mass is 35.5. The van der Waals surface area contributed by atoms with Gasteiger partial charge >= 0.3 is 6.09 Å². The van der Waals surface area contributed by atoms with Gasteiger partial charge in [-0.2, -0.15) is 0 Å². The smallest absolute Gasteiger partial charge is 0.410 e. The largest absolute Gasteiger partial charge is 0.495 e. The van der Waals surface area contributed by atoms with Crippen LogP contribution in [-0.2, 0) is 9.53 Å². The molecule has 0 saturated carbocycles. The molecule has 0 spiro atoms. The molecule has 2 amide bonds. The molecule has 0 bridgehead atoms. The molecule has 7 nitrogen and oxygen atoms in total. The number of rotatable bonds is 4. The zero-order chi connectivity index (χ0) is 17.0. The Hall–Kier alpha value is -2.15. The van der Waals surface area contributed by atoms with E-state index in [0.29, 0.717) is 35.2 Å². The predicted molar refractivity (Wildman–Crippen MR) is 85.3 cm³/mol. The van der Waals surface area contributed by atoms with Crippen LogP contribution >= 0.6 is 11.6 Å². The van der Waals surface area contributed by atoms with E-state index in [1.807, 2.05) is 0 Å². The Balaban J connectivity index is 2.21. The third-order valence-electron chi connectivity index (χ3n) is 3.70. The normalized spacial score (nSPS) is 16.9. The van der Waals surface area contributed by atoms with E-state index in [1.165, 1.54) is 26.2 Å². The van der Waals surface area contributed by atoms with Crippen molar-refractivity contribution in [3.05, 3.63) is 17.2 Å². The fourth-order valence-electron chi connectivity index (χ4n) is 2.55. The molecule has 1 aromatic carbocycles. The van der Waals surface area contributed by atoms with Crippen molar-refractivity contribution in [2.24, 2.45) is 0 Å². The van der Waals surface area contributed by atoms with Gasteiger partial charge in [-0.3, -0.25) is 9.69 Å². The Bertz CT molecular complexity index is 608. The summed E-state index contributed by atoms with van der Waals surface area (Å²) in [5.41, 5.74) is 0.426. The minimum Gasteiger partial charge on any atom is -0.495 e. The fraction of sp³-hybridized carbons (Fsp3) is 0.467. The summed E-state index contributed by atoms with van der Waals surface area (Å²) < 4.78 is 15.1. The average Bonchev–Trinajstić information content (AvgIpc) is 3.04. The van der Waals surface area contributed by atoms with Gasteiger partial charge in [-0.25, -0.2) is 4.79 Å². The molecule has 1 aromatic rings. The fourth-order valence-corrected chi connectivity index (χ4v) is 2.78. The molecule has 2 rings (SSSR count). The standard InChI is InChI=1S/C15H19ClN2O5/c1-21-12-8-10(13(22-2)7-9(12)16)17-14(19)11-5-4-6-18(11)15(20)23-3/h7-8,11H,4-6H2,1-3H3,(H,17,19). The zero-order valence-electron chi connectivity index (χ0n) is 13.2. The van der Waals surface area contributed by atoms with Crippen molar-refractivity contribution in [2.75, 3.05) is 33.2 Å². The lowest BCUT2D eigenvalue weighted by Crippen LogP contribution is -2.43. The lowest BCUT2D eigenvalue weighted by atomic mass is 10.2. The van der Waals surface area contributed by atoms with Crippen molar-refractivity contribution in [1.82, 2.24) is 4.90 Å². The van der Waals surface area contributed by atoms with Gasteiger partial charge in [0.1, 0.15) is 17.5 Å². The molecule has 1 unspecified atom stereocenters. The lowest BCUT2D eigenvalue weighted by molar-refractivity contribution is -0.120. The number of hydrogen-bond donors (Lipinski definition) is 1. The molecule has 1 aliphatic heterocycles. The van der Waals surface area contributed by atoms with Crippen LogP contribution in [0.4, 0.5) is 10.5 Å². The van der Waals surface area contributed by atoms with E-state index in [4.69, 9.17) is 25.8 Å². The van der Waals surface area contributed by atoms with E-state index in [-0.39, 0.29) is 5.91 Å². The summed E-state index contributed by atoms with van der Waals surface area (Å²) in [6.07, 6.45) is 0.811. The SMILES string of the molecule is COC(=O)N1CCCC1C(=O)Nc1cc(OC)c(Cl)cc1OC. The van der Waals surface area contributed by atoms with Gasteiger partial charge in [0.2, 0.25) is 5.91 Å². The monoisotopic (exact) mass is 342 g/mol. The number of benzene rings is 1. The number of methoxy groups -OCH3 is 3. The van der Waals surface area contributed by atoms with Crippen molar-refractivity contribution in [3.8, 4) is 11.5 Å². The highest BCUT2D eigenvalue weighted by molar-refractivity contribution is 6.32. The van der Waals surface area contributed by atoms with Crippen molar-refractivity contribution in [3.63, 3.8) is 0 Å². The van der Waals surface area contributed by atoms with Crippen molar-refractivity contribution >= 4 is 29.3 Å². The number of carbonyl (C=O) groups excluding carboxylic acids is 2. The van der Waals surface area contributed by atoms with Crippen LogP contribution in [0, 0.1) is 0 Å². The first-order chi connectivity index (χ1) is 11.0. The van der Waals surface area contributed by atoms with Gasteiger partial charge in [-0.05, 0) is 12.8 Å². The van der Waals surface area contributed by atoms with Crippen LogP contribution in [0.5, 0.6) is 11.5 Å². The summed E-state index contributed by atoms with van der Waals surface area (Å²) in [4.78, 5) is 25.6. The summed E-state index contributed by atoms with van der Waals surface area (Å²) in [5, 5.41) is 3.14. The van der Waals surface area contributed by atoms with E-state index in [9.17, 15) is 9.59 Å². The molecular weight excluding hydrogens is 324 g/mol. The van der Waals surface area contributed by atoms with E-state index in [1.54, 1.807) is 12.1 Å². The van der Waals surface area contributed by atoms with Crippen LogP contribution in [0.15, 0.2) is 12.1 Å². The van der Waals surface area contributed by atoms with E-state index in [2.05, 4.69) is 5.32 Å². The second kappa shape index (κ2) is 7.41. The molecule has 1 saturated heterocycles. The first kappa shape index (κ1) is 17.2. The Morgan fingerprint density at radius 3 is 2.52 bits per heavy atom. The molecule has 23 heavy (non-hydrogen) atoms. The first-order valence-electron chi connectivity index (χ1n) is 7.08. The molecular formula is C15H19ClN2O5. The molecule has 1 N–H and O–H groups in total. The average molecular weight is 343 g/mol. The summed E-state index contributed by atoms with van der Waals surface area (Å²) in [6, 6.07) is 2.56. The van der Waals surface area contributed by atoms with Crippen LogP contribution in [0.3, 0.4) is 0 Å². The molecule has 8 heteroatoms. The van der Waals surface area contributed by atoms with Gasteiger partial charge in [0.25, 0.3) is 0 Å². The summed E-state index contributed by atoms with van der Waals surface area (Å²) >= 11 is 6.04. The highest BCUT2D eigenvalue weighted by Gasteiger charge is 2.35. The van der Waals surface area contributed by atoms with Gasteiger partial charge in [0.05, 0.1) is 32.0 Å². The van der Waals surface area contributed by atoms with E-state index >= 15 is 0 Å². The molecule has 1 fully saturated rings. The number of amides is 2. The van der Waals surface area contributed by atoms with Crippen LogP contribution in [0.25, 0.3) is 0 Å². The van der Waals surface area contributed by atoms with Gasteiger partial charge in [0, 0.05) is 18.7 Å². The maximum atomic E-state index is 12.5. The molecule has 1 aliphatic rings. The van der Waals surface area contributed by atoms with Crippen molar-refractivity contribution in [2.45, 2.75) is 18.9 Å². The van der Waals surface area contributed by atoms with Crippen LogP contribution < -0.4 is 14.8 Å². The molecule has 1 atom stereocenters. The number of nitrogens with zero attached hydrogens (tertiary/aromatic N) is 1. The number of anilines is 1. The minimum absolute atomic E-state index is 0.310.